The number of aliphatic hydroxyl groups excluding tert-OH is 1. The fraction of sp³-hybridized carbons (Fsp3) is 0.500. The summed E-state index contributed by atoms with van der Waals surface area (Å²) in [5, 5.41) is 9.82. The first-order valence-electron chi connectivity index (χ1n) is 5.01. The molecule has 0 fully saturated rings. The van der Waals surface area contributed by atoms with Crippen molar-refractivity contribution in [3.8, 4) is 5.75 Å². The number of benzene rings is 1. The molecule has 14 heavy (non-hydrogen) atoms. The van der Waals surface area contributed by atoms with E-state index in [1.54, 1.807) is 7.11 Å². The van der Waals surface area contributed by atoms with E-state index in [0.717, 1.165) is 29.7 Å². The van der Waals surface area contributed by atoms with E-state index < -0.39 is 0 Å². The monoisotopic (exact) mass is 194 g/mol. The number of ether oxygens (including phenoxy) is 1. The van der Waals surface area contributed by atoms with Crippen molar-refractivity contribution in [3.63, 3.8) is 0 Å². The molecular formula is C12H18O2. The van der Waals surface area contributed by atoms with Gasteiger partial charge in [-0.15, -0.1) is 0 Å². The third-order valence-electron chi connectivity index (χ3n) is 2.40. The van der Waals surface area contributed by atoms with Gasteiger partial charge in [0.1, 0.15) is 5.75 Å². The molecule has 1 rings (SSSR count). The lowest BCUT2D eigenvalue weighted by Crippen LogP contribution is -1.99. The minimum absolute atomic E-state index is 0.342. The topological polar surface area (TPSA) is 29.5 Å². The zero-order valence-electron chi connectivity index (χ0n) is 9.08. The number of hydrogen-bond acceptors (Lipinski definition) is 2. The first-order valence-corrected chi connectivity index (χ1v) is 5.01. The summed E-state index contributed by atoms with van der Waals surface area (Å²) < 4.78 is 5.11. The van der Waals surface area contributed by atoms with Gasteiger partial charge in [0.05, 0.1) is 13.2 Å². The van der Waals surface area contributed by atoms with E-state index in [-0.39, 0.29) is 6.10 Å². The van der Waals surface area contributed by atoms with Gasteiger partial charge >= 0.3 is 0 Å². The second-order valence-electron chi connectivity index (χ2n) is 3.53. The predicted molar refractivity (Wildman–Crippen MR) is 57.6 cm³/mol. The highest BCUT2D eigenvalue weighted by molar-refractivity contribution is 5.35. The molecule has 1 N–H and O–H groups in total. The average molecular weight is 194 g/mol. The summed E-state index contributed by atoms with van der Waals surface area (Å²) in [5.74, 6) is 0.843. The molecular weight excluding hydrogens is 176 g/mol. The zero-order valence-corrected chi connectivity index (χ0v) is 9.08. The molecule has 0 heterocycles. The van der Waals surface area contributed by atoms with Crippen LogP contribution < -0.4 is 4.74 Å². The van der Waals surface area contributed by atoms with Crippen molar-refractivity contribution >= 4 is 0 Å². The zero-order chi connectivity index (χ0) is 10.6. The van der Waals surface area contributed by atoms with Crippen LogP contribution in [0.5, 0.6) is 5.75 Å². The number of aliphatic hydroxyl groups is 1. The molecule has 0 radical (unpaired) electrons. The van der Waals surface area contributed by atoms with E-state index in [4.69, 9.17) is 4.74 Å². The van der Waals surface area contributed by atoms with Gasteiger partial charge in [0.15, 0.2) is 0 Å². The Morgan fingerprint density at radius 1 is 1.43 bits per heavy atom. The highest BCUT2D eigenvalue weighted by Crippen LogP contribution is 2.25. The second kappa shape index (κ2) is 5.01. The third kappa shape index (κ3) is 2.48. The molecule has 0 aliphatic rings. The number of hydrogen-bond donors (Lipinski definition) is 1. The fourth-order valence-electron chi connectivity index (χ4n) is 1.58. The molecule has 1 aromatic carbocycles. The van der Waals surface area contributed by atoms with Gasteiger partial charge in [0, 0.05) is 0 Å². The smallest absolute Gasteiger partial charge is 0.119 e. The van der Waals surface area contributed by atoms with Crippen LogP contribution in [0.4, 0.5) is 0 Å². The van der Waals surface area contributed by atoms with Crippen molar-refractivity contribution in [2.24, 2.45) is 0 Å². The minimum Gasteiger partial charge on any atom is -0.497 e. The van der Waals surface area contributed by atoms with E-state index in [1.165, 1.54) is 0 Å². The van der Waals surface area contributed by atoms with Crippen molar-refractivity contribution in [2.75, 3.05) is 7.11 Å². The van der Waals surface area contributed by atoms with Crippen LogP contribution in [0.25, 0.3) is 0 Å². The van der Waals surface area contributed by atoms with Crippen LogP contribution in [-0.2, 0) is 0 Å². The predicted octanol–water partition coefficient (Wildman–Crippen LogP) is 2.84. The Bertz CT molecular complexity index is 294. The van der Waals surface area contributed by atoms with Crippen LogP contribution in [-0.4, -0.2) is 12.2 Å². The minimum atomic E-state index is -0.342. The molecule has 0 aromatic heterocycles. The maximum absolute atomic E-state index is 9.82. The van der Waals surface area contributed by atoms with E-state index in [1.807, 2.05) is 25.1 Å². The van der Waals surface area contributed by atoms with Gasteiger partial charge in [-0.05, 0) is 36.6 Å². The molecule has 0 saturated heterocycles. The van der Waals surface area contributed by atoms with E-state index in [9.17, 15) is 5.11 Å². The molecule has 1 atom stereocenters. The average Bonchev–Trinajstić information content (AvgIpc) is 2.17. The van der Waals surface area contributed by atoms with Crippen LogP contribution in [0.3, 0.4) is 0 Å². The molecule has 0 aliphatic heterocycles. The summed E-state index contributed by atoms with van der Waals surface area (Å²) in [6.07, 6.45) is 1.46. The summed E-state index contributed by atoms with van der Waals surface area (Å²) in [6, 6.07) is 5.78. The van der Waals surface area contributed by atoms with Crippen LogP contribution in [0.2, 0.25) is 0 Å². The van der Waals surface area contributed by atoms with Crippen LogP contribution in [0.15, 0.2) is 18.2 Å². The van der Waals surface area contributed by atoms with Gasteiger partial charge in [-0.3, -0.25) is 0 Å². The third-order valence-corrected chi connectivity index (χ3v) is 2.40. The highest BCUT2D eigenvalue weighted by atomic mass is 16.5. The van der Waals surface area contributed by atoms with Crippen molar-refractivity contribution in [1.29, 1.82) is 0 Å². The van der Waals surface area contributed by atoms with Crippen LogP contribution >= 0.6 is 0 Å². The second-order valence-corrected chi connectivity index (χ2v) is 3.53. The summed E-state index contributed by atoms with van der Waals surface area (Å²) in [5.41, 5.74) is 2.10. The Morgan fingerprint density at radius 3 is 2.64 bits per heavy atom. The maximum atomic E-state index is 9.82. The first kappa shape index (κ1) is 11.1. The molecule has 0 bridgehead atoms. The van der Waals surface area contributed by atoms with E-state index in [0.29, 0.717) is 0 Å². The molecule has 2 nitrogen and oxygen atoms in total. The van der Waals surface area contributed by atoms with Crippen molar-refractivity contribution in [1.82, 2.24) is 0 Å². The Kier molecular flexibility index (Phi) is 3.96. The van der Waals surface area contributed by atoms with Gasteiger partial charge in [-0.25, -0.2) is 0 Å². The molecule has 2 heteroatoms. The Labute approximate surface area is 85.5 Å². The van der Waals surface area contributed by atoms with Crippen molar-refractivity contribution < 1.29 is 9.84 Å². The van der Waals surface area contributed by atoms with Crippen LogP contribution in [0.1, 0.15) is 37.0 Å². The Hall–Kier alpha value is -1.02. The van der Waals surface area contributed by atoms with Crippen molar-refractivity contribution in [3.05, 3.63) is 29.3 Å². The summed E-state index contributed by atoms with van der Waals surface area (Å²) in [4.78, 5) is 0. The van der Waals surface area contributed by atoms with Gasteiger partial charge < -0.3 is 9.84 Å². The van der Waals surface area contributed by atoms with Gasteiger partial charge in [0.25, 0.3) is 0 Å². The van der Waals surface area contributed by atoms with Gasteiger partial charge in [-0.2, -0.15) is 0 Å². The molecule has 0 saturated carbocycles. The van der Waals surface area contributed by atoms with Crippen LogP contribution in [0, 0.1) is 6.92 Å². The summed E-state index contributed by atoms with van der Waals surface area (Å²) >= 11 is 0. The quantitative estimate of drug-likeness (QED) is 0.798. The lowest BCUT2D eigenvalue weighted by Gasteiger charge is -2.13. The van der Waals surface area contributed by atoms with E-state index in [2.05, 4.69) is 6.92 Å². The van der Waals surface area contributed by atoms with E-state index >= 15 is 0 Å². The number of methoxy groups -OCH3 is 1. The molecule has 0 amide bonds. The fourth-order valence-corrected chi connectivity index (χ4v) is 1.58. The molecule has 1 aromatic rings. The molecule has 78 valence electrons. The first-order chi connectivity index (χ1) is 6.69. The molecule has 0 aliphatic carbocycles. The lowest BCUT2D eigenvalue weighted by atomic mass is 10.00. The maximum Gasteiger partial charge on any atom is 0.119 e. The summed E-state index contributed by atoms with van der Waals surface area (Å²) in [7, 11) is 1.65. The normalized spacial score (nSPS) is 12.6. The largest absolute Gasteiger partial charge is 0.497 e. The van der Waals surface area contributed by atoms with Crippen molar-refractivity contribution in [2.45, 2.75) is 32.8 Å². The molecule has 0 unspecified atom stereocenters. The number of aryl methyl sites for hydroxylation is 1. The Morgan fingerprint density at radius 2 is 2.14 bits per heavy atom. The SMILES string of the molecule is CCC[C@@H](O)c1ccc(OC)cc1C. The standard InChI is InChI=1S/C12H18O2/c1-4-5-12(13)11-7-6-10(14-3)8-9(11)2/h6-8,12-13H,4-5H2,1-3H3/t12-/m1/s1. The number of rotatable bonds is 4. The molecule has 0 spiro atoms. The van der Waals surface area contributed by atoms with Gasteiger partial charge in [0.2, 0.25) is 0 Å². The highest BCUT2D eigenvalue weighted by Gasteiger charge is 2.09. The Balaban J connectivity index is 2.88. The lowest BCUT2D eigenvalue weighted by molar-refractivity contribution is 0.165. The summed E-state index contributed by atoms with van der Waals surface area (Å²) in [6.45, 7) is 4.07. The van der Waals surface area contributed by atoms with Gasteiger partial charge in [-0.1, -0.05) is 19.4 Å².